The third kappa shape index (κ3) is 5.47. The predicted molar refractivity (Wildman–Crippen MR) is 112 cm³/mol. The lowest BCUT2D eigenvalue weighted by Gasteiger charge is -2.27. The largest absolute Gasteiger partial charge is 0.451 e. The molecule has 1 amide bonds. The number of carbonyl (C=O) groups excluding carboxylic acids is 2. The van der Waals surface area contributed by atoms with Crippen molar-refractivity contribution >= 4 is 23.6 Å². The second-order valence-corrected chi connectivity index (χ2v) is 7.67. The first-order valence-corrected chi connectivity index (χ1v) is 10.1. The molecule has 2 aliphatic rings. The number of nitrogens with zero attached hydrogens (tertiary/aromatic N) is 3. The highest BCUT2D eigenvalue weighted by atomic mass is 16.5. The minimum atomic E-state index is -0.772. The van der Waals surface area contributed by atoms with Gasteiger partial charge in [-0.3, -0.25) is 4.79 Å². The van der Waals surface area contributed by atoms with E-state index in [1.54, 1.807) is 0 Å². The Bertz CT molecular complexity index is 858. The quantitative estimate of drug-likeness (QED) is 0.402. The van der Waals surface area contributed by atoms with Crippen molar-refractivity contribution in [3.63, 3.8) is 0 Å². The van der Waals surface area contributed by atoms with E-state index in [-0.39, 0.29) is 24.1 Å². The summed E-state index contributed by atoms with van der Waals surface area (Å²) in [5, 5.41) is 9.35. The third-order valence-electron chi connectivity index (χ3n) is 5.14. The smallest absolute Gasteiger partial charge is 0.349 e. The van der Waals surface area contributed by atoms with Crippen LogP contribution in [0.3, 0.4) is 0 Å². The van der Waals surface area contributed by atoms with Crippen molar-refractivity contribution < 1.29 is 14.3 Å². The molecule has 1 fully saturated rings. The van der Waals surface area contributed by atoms with Gasteiger partial charge in [0.1, 0.15) is 11.6 Å². The first-order chi connectivity index (χ1) is 14.0. The predicted octanol–water partition coefficient (Wildman–Crippen LogP) is 3.65. The van der Waals surface area contributed by atoms with Crippen LogP contribution in [0.4, 0.5) is 5.69 Å². The lowest BCUT2D eigenvalue weighted by atomic mass is 10.0. The number of carbonyl (C=O) groups is 2. The summed E-state index contributed by atoms with van der Waals surface area (Å²) in [4.78, 5) is 28.8. The molecule has 0 N–H and O–H groups in total. The SMILES string of the molecule is CN(C)c1ccc(/C=C(\C#N)C(=O)OCC(=O)N(C2=CCCCC2)C2CC2)cc1. The number of benzene rings is 1. The van der Waals surface area contributed by atoms with E-state index in [1.807, 2.05) is 54.2 Å². The summed E-state index contributed by atoms with van der Waals surface area (Å²) in [5.74, 6) is -0.979. The first kappa shape index (κ1) is 20.7. The highest BCUT2D eigenvalue weighted by Gasteiger charge is 2.35. The third-order valence-corrected chi connectivity index (χ3v) is 5.14. The van der Waals surface area contributed by atoms with Crippen LogP contribution in [0.1, 0.15) is 44.1 Å². The normalized spacial score (nSPS) is 16.4. The number of ether oxygens (including phenoxy) is 1. The van der Waals surface area contributed by atoms with Gasteiger partial charge in [-0.15, -0.1) is 0 Å². The van der Waals surface area contributed by atoms with E-state index in [4.69, 9.17) is 4.74 Å². The average Bonchev–Trinajstić information content (AvgIpc) is 3.56. The van der Waals surface area contributed by atoms with Crippen LogP contribution in [0.15, 0.2) is 41.6 Å². The van der Waals surface area contributed by atoms with Crippen molar-refractivity contribution in [2.24, 2.45) is 0 Å². The maximum absolute atomic E-state index is 12.7. The van der Waals surface area contributed by atoms with Crippen molar-refractivity contribution in [3.8, 4) is 6.07 Å². The molecule has 1 aromatic carbocycles. The molecule has 152 valence electrons. The molecular formula is C23H27N3O3. The number of nitriles is 1. The molecule has 0 aromatic heterocycles. The van der Waals surface area contributed by atoms with Gasteiger partial charge in [0.15, 0.2) is 6.61 Å². The molecule has 1 saturated carbocycles. The van der Waals surface area contributed by atoms with Gasteiger partial charge in [-0.1, -0.05) is 18.2 Å². The first-order valence-electron chi connectivity index (χ1n) is 10.1. The monoisotopic (exact) mass is 393 g/mol. The standard InChI is InChI=1S/C23H27N3O3/c1-25(2)19-10-8-17(9-11-19)14-18(15-24)23(28)29-16-22(27)26(21-12-13-21)20-6-4-3-5-7-20/h6,8-11,14,21H,3-5,7,12-13,16H2,1-2H3/b18-14+. The maximum Gasteiger partial charge on any atom is 0.349 e. The summed E-state index contributed by atoms with van der Waals surface area (Å²) < 4.78 is 5.18. The van der Waals surface area contributed by atoms with Crippen LogP contribution < -0.4 is 4.90 Å². The van der Waals surface area contributed by atoms with Gasteiger partial charge in [-0.05, 0) is 62.3 Å². The zero-order valence-corrected chi connectivity index (χ0v) is 17.1. The molecular weight excluding hydrogens is 366 g/mol. The molecule has 0 bridgehead atoms. The van der Waals surface area contributed by atoms with Crippen LogP contribution in [0.5, 0.6) is 0 Å². The van der Waals surface area contributed by atoms with Crippen molar-refractivity contribution in [2.75, 3.05) is 25.6 Å². The fraction of sp³-hybridized carbons (Fsp3) is 0.435. The Morgan fingerprint density at radius 2 is 1.93 bits per heavy atom. The lowest BCUT2D eigenvalue weighted by Crippen LogP contribution is -2.36. The van der Waals surface area contributed by atoms with E-state index >= 15 is 0 Å². The molecule has 6 nitrogen and oxygen atoms in total. The van der Waals surface area contributed by atoms with Crippen LogP contribution >= 0.6 is 0 Å². The minimum absolute atomic E-state index is 0.120. The van der Waals surface area contributed by atoms with Crippen LogP contribution in [0, 0.1) is 11.3 Å². The molecule has 6 heteroatoms. The van der Waals surface area contributed by atoms with Gasteiger partial charge < -0.3 is 14.5 Å². The summed E-state index contributed by atoms with van der Waals surface area (Å²) >= 11 is 0. The second kappa shape index (κ2) is 9.42. The zero-order valence-electron chi connectivity index (χ0n) is 17.1. The Morgan fingerprint density at radius 1 is 1.21 bits per heavy atom. The van der Waals surface area contributed by atoms with Crippen molar-refractivity contribution in [1.29, 1.82) is 5.26 Å². The summed E-state index contributed by atoms with van der Waals surface area (Å²) in [6.07, 6.45) is 9.69. The van der Waals surface area contributed by atoms with Gasteiger partial charge in [-0.25, -0.2) is 4.79 Å². The average molecular weight is 393 g/mol. The highest BCUT2D eigenvalue weighted by Crippen LogP contribution is 2.33. The molecule has 1 aromatic rings. The van der Waals surface area contributed by atoms with Crippen LogP contribution in [0.2, 0.25) is 0 Å². The maximum atomic E-state index is 12.7. The number of hydrogen-bond acceptors (Lipinski definition) is 5. The van der Waals surface area contributed by atoms with Crippen LogP contribution in [-0.2, 0) is 14.3 Å². The van der Waals surface area contributed by atoms with E-state index < -0.39 is 5.97 Å². The van der Waals surface area contributed by atoms with Gasteiger partial charge in [0.2, 0.25) is 0 Å². The molecule has 0 heterocycles. The zero-order chi connectivity index (χ0) is 20.8. The molecule has 0 radical (unpaired) electrons. The molecule has 0 atom stereocenters. The van der Waals surface area contributed by atoms with Crippen molar-refractivity contribution in [1.82, 2.24) is 4.90 Å². The van der Waals surface area contributed by atoms with E-state index in [9.17, 15) is 14.9 Å². The van der Waals surface area contributed by atoms with Gasteiger partial charge in [0, 0.05) is 31.5 Å². The van der Waals surface area contributed by atoms with E-state index in [0.717, 1.165) is 55.5 Å². The molecule has 0 unspecified atom stereocenters. The van der Waals surface area contributed by atoms with Crippen LogP contribution in [0.25, 0.3) is 6.08 Å². The summed E-state index contributed by atoms with van der Waals surface area (Å²) in [7, 11) is 3.88. The molecule has 2 aliphatic carbocycles. The Morgan fingerprint density at radius 3 is 2.48 bits per heavy atom. The lowest BCUT2D eigenvalue weighted by molar-refractivity contribution is -0.148. The Hall–Kier alpha value is -3.07. The molecule has 0 spiro atoms. The van der Waals surface area contributed by atoms with Gasteiger partial charge in [-0.2, -0.15) is 5.26 Å². The summed E-state index contributed by atoms with van der Waals surface area (Å²) in [6, 6.07) is 9.57. The number of anilines is 1. The number of amides is 1. The Kier molecular flexibility index (Phi) is 6.71. The molecule has 29 heavy (non-hydrogen) atoms. The van der Waals surface area contributed by atoms with Gasteiger partial charge in [0.25, 0.3) is 5.91 Å². The van der Waals surface area contributed by atoms with E-state index in [1.165, 1.54) is 6.08 Å². The molecule has 3 rings (SSSR count). The van der Waals surface area contributed by atoms with Crippen LogP contribution in [-0.4, -0.2) is 43.5 Å². The Labute approximate surface area is 172 Å². The molecule has 0 aliphatic heterocycles. The minimum Gasteiger partial charge on any atom is -0.451 e. The number of rotatable bonds is 7. The fourth-order valence-electron chi connectivity index (χ4n) is 3.42. The molecule has 0 saturated heterocycles. The summed E-state index contributed by atoms with van der Waals surface area (Å²) in [5.41, 5.74) is 2.68. The van der Waals surface area contributed by atoms with Gasteiger partial charge in [0.05, 0.1) is 0 Å². The highest BCUT2D eigenvalue weighted by molar-refractivity contribution is 5.99. The summed E-state index contributed by atoms with van der Waals surface area (Å²) in [6.45, 7) is -0.342. The topological polar surface area (TPSA) is 73.6 Å². The number of allylic oxidation sites excluding steroid dienone is 2. The van der Waals surface area contributed by atoms with E-state index in [0.29, 0.717) is 0 Å². The Balaban J connectivity index is 1.62. The second-order valence-electron chi connectivity index (χ2n) is 7.67. The van der Waals surface area contributed by atoms with Crippen molar-refractivity contribution in [2.45, 2.75) is 44.6 Å². The van der Waals surface area contributed by atoms with Gasteiger partial charge >= 0.3 is 5.97 Å². The van der Waals surface area contributed by atoms with E-state index in [2.05, 4.69) is 6.08 Å². The number of esters is 1. The fourth-order valence-corrected chi connectivity index (χ4v) is 3.42. The van der Waals surface area contributed by atoms with Crippen molar-refractivity contribution in [3.05, 3.63) is 47.2 Å². The number of hydrogen-bond donors (Lipinski definition) is 0.